The SMILES string of the molecule is COc1cc(CCCC(=O)N(C)N)c(OC)cc1C. The number of aryl methyl sites for hydroxylation is 2. The number of hydrazine groups is 1. The fourth-order valence-electron chi connectivity index (χ4n) is 1.92. The number of benzene rings is 1. The van der Waals surface area contributed by atoms with Gasteiger partial charge in [0.2, 0.25) is 5.91 Å². The van der Waals surface area contributed by atoms with Crippen molar-refractivity contribution >= 4 is 5.91 Å². The number of nitrogens with zero attached hydrogens (tertiary/aromatic N) is 1. The molecule has 0 saturated heterocycles. The van der Waals surface area contributed by atoms with Gasteiger partial charge in [-0.3, -0.25) is 9.80 Å². The molecule has 0 aliphatic carbocycles. The largest absolute Gasteiger partial charge is 0.496 e. The molecule has 0 atom stereocenters. The standard InChI is InChI=1S/C14H22N2O3/c1-10-8-13(19-4)11(9-12(10)18-3)6-5-7-14(17)16(2)15/h8-9H,5-7,15H2,1-4H3. The highest BCUT2D eigenvalue weighted by Crippen LogP contribution is 2.29. The first-order chi connectivity index (χ1) is 8.99. The van der Waals surface area contributed by atoms with Crippen LogP contribution in [0.2, 0.25) is 0 Å². The van der Waals surface area contributed by atoms with E-state index in [4.69, 9.17) is 15.3 Å². The zero-order chi connectivity index (χ0) is 14.4. The molecule has 5 nitrogen and oxygen atoms in total. The van der Waals surface area contributed by atoms with Crippen LogP contribution in [-0.2, 0) is 11.2 Å². The van der Waals surface area contributed by atoms with Gasteiger partial charge in [-0.15, -0.1) is 0 Å². The Kier molecular flexibility index (Phi) is 5.63. The van der Waals surface area contributed by atoms with E-state index in [-0.39, 0.29) is 5.91 Å². The number of methoxy groups -OCH3 is 2. The van der Waals surface area contributed by atoms with Gasteiger partial charge in [0, 0.05) is 13.5 Å². The lowest BCUT2D eigenvalue weighted by Crippen LogP contribution is -2.32. The molecule has 1 aromatic carbocycles. The smallest absolute Gasteiger partial charge is 0.236 e. The van der Waals surface area contributed by atoms with Crippen molar-refractivity contribution in [2.24, 2.45) is 5.84 Å². The van der Waals surface area contributed by atoms with E-state index in [1.807, 2.05) is 19.1 Å². The molecule has 0 aliphatic rings. The molecular formula is C14H22N2O3. The predicted octanol–water partition coefficient (Wildman–Crippen LogP) is 1.67. The van der Waals surface area contributed by atoms with Gasteiger partial charge in [-0.2, -0.15) is 0 Å². The Morgan fingerprint density at radius 2 is 1.89 bits per heavy atom. The van der Waals surface area contributed by atoms with Crippen LogP contribution in [0.4, 0.5) is 0 Å². The fraction of sp³-hybridized carbons (Fsp3) is 0.500. The summed E-state index contributed by atoms with van der Waals surface area (Å²) in [4.78, 5) is 11.4. The lowest BCUT2D eigenvalue weighted by atomic mass is 10.0. The van der Waals surface area contributed by atoms with Crippen molar-refractivity contribution in [2.45, 2.75) is 26.2 Å². The molecule has 0 bridgehead atoms. The van der Waals surface area contributed by atoms with E-state index in [1.165, 1.54) is 0 Å². The molecule has 0 spiro atoms. The predicted molar refractivity (Wildman–Crippen MR) is 74.2 cm³/mol. The molecule has 0 saturated carbocycles. The number of ether oxygens (including phenoxy) is 2. The Labute approximate surface area is 114 Å². The lowest BCUT2D eigenvalue weighted by Gasteiger charge is -2.13. The highest BCUT2D eigenvalue weighted by molar-refractivity contribution is 5.75. The second-order valence-electron chi connectivity index (χ2n) is 4.49. The molecule has 0 fully saturated rings. The number of carbonyl (C=O) groups is 1. The van der Waals surface area contributed by atoms with Crippen LogP contribution in [0.5, 0.6) is 11.5 Å². The summed E-state index contributed by atoms with van der Waals surface area (Å²) in [6.07, 6.45) is 1.90. The summed E-state index contributed by atoms with van der Waals surface area (Å²) < 4.78 is 10.7. The first-order valence-corrected chi connectivity index (χ1v) is 6.22. The molecule has 0 unspecified atom stereocenters. The number of amides is 1. The summed E-state index contributed by atoms with van der Waals surface area (Å²) in [5.41, 5.74) is 2.07. The van der Waals surface area contributed by atoms with Gasteiger partial charge in [0.15, 0.2) is 0 Å². The molecule has 19 heavy (non-hydrogen) atoms. The number of carbonyl (C=O) groups excluding carboxylic acids is 1. The monoisotopic (exact) mass is 266 g/mol. The highest BCUT2D eigenvalue weighted by Gasteiger charge is 2.10. The molecule has 106 valence electrons. The van der Waals surface area contributed by atoms with Crippen LogP contribution in [-0.4, -0.2) is 32.2 Å². The maximum Gasteiger partial charge on any atom is 0.236 e. The van der Waals surface area contributed by atoms with Crippen LogP contribution in [0, 0.1) is 6.92 Å². The molecule has 0 aromatic heterocycles. The Morgan fingerprint density at radius 3 is 2.42 bits per heavy atom. The van der Waals surface area contributed by atoms with Gasteiger partial charge >= 0.3 is 0 Å². The van der Waals surface area contributed by atoms with Crippen LogP contribution in [0.25, 0.3) is 0 Å². The Bertz CT molecular complexity index is 445. The molecular weight excluding hydrogens is 244 g/mol. The van der Waals surface area contributed by atoms with E-state index >= 15 is 0 Å². The average molecular weight is 266 g/mol. The minimum absolute atomic E-state index is 0.0713. The van der Waals surface area contributed by atoms with Crippen LogP contribution in [0.15, 0.2) is 12.1 Å². The molecule has 0 radical (unpaired) electrons. The Balaban J connectivity index is 2.74. The van der Waals surface area contributed by atoms with Crippen molar-refractivity contribution in [3.63, 3.8) is 0 Å². The van der Waals surface area contributed by atoms with E-state index in [2.05, 4.69) is 0 Å². The van der Waals surface area contributed by atoms with Gasteiger partial charge in [0.1, 0.15) is 11.5 Å². The maximum atomic E-state index is 11.4. The Morgan fingerprint density at radius 1 is 1.26 bits per heavy atom. The quantitative estimate of drug-likeness (QED) is 0.483. The molecule has 0 aliphatic heterocycles. The van der Waals surface area contributed by atoms with Crippen LogP contribution >= 0.6 is 0 Å². The van der Waals surface area contributed by atoms with Crippen molar-refractivity contribution in [1.82, 2.24) is 5.01 Å². The van der Waals surface area contributed by atoms with Gasteiger partial charge < -0.3 is 9.47 Å². The minimum Gasteiger partial charge on any atom is -0.496 e. The van der Waals surface area contributed by atoms with Gasteiger partial charge in [-0.25, -0.2) is 5.84 Å². The molecule has 0 heterocycles. The average Bonchev–Trinajstić information content (AvgIpc) is 2.39. The summed E-state index contributed by atoms with van der Waals surface area (Å²) >= 11 is 0. The van der Waals surface area contributed by atoms with E-state index in [0.717, 1.165) is 40.5 Å². The van der Waals surface area contributed by atoms with Crippen molar-refractivity contribution in [2.75, 3.05) is 21.3 Å². The number of rotatable bonds is 6. The lowest BCUT2D eigenvalue weighted by molar-refractivity contribution is -0.130. The van der Waals surface area contributed by atoms with E-state index < -0.39 is 0 Å². The topological polar surface area (TPSA) is 64.8 Å². The van der Waals surface area contributed by atoms with E-state index in [9.17, 15) is 4.79 Å². The minimum atomic E-state index is -0.0713. The van der Waals surface area contributed by atoms with Crippen LogP contribution < -0.4 is 15.3 Å². The first kappa shape index (κ1) is 15.3. The van der Waals surface area contributed by atoms with Crippen LogP contribution in [0.1, 0.15) is 24.0 Å². The molecule has 1 aromatic rings. The van der Waals surface area contributed by atoms with Crippen molar-refractivity contribution < 1.29 is 14.3 Å². The molecule has 5 heteroatoms. The third-order valence-electron chi connectivity index (χ3n) is 3.03. The van der Waals surface area contributed by atoms with E-state index in [0.29, 0.717) is 6.42 Å². The number of nitrogens with two attached hydrogens (primary N) is 1. The zero-order valence-electron chi connectivity index (χ0n) is 12.0. The molecule has 2 N–H and O–H groups in total. The second kappa shape index (κ2) is 6.99. The highest BCUT2D eigenvalue weighted by atomic mass is 16.5. The summed E-state index contributed by atoms with van der Waals surface area (Å²) in [5, 5.41) is 1.12. The summed E-state index contributed by atoms with van der Waals surface area (Å²) in [5.74, 6) is 6.96. The maximum absolute atomic E-state index is 11.4. The van der Waals surface area contributed by atoms with Crippen molar-refractivity contribution in [3.8, 4) is 11.5 Å². The zero-order valence-corrected chi connectivity index (χ0v) is 12.0. The summed E-state index contributed by atoms with van der Waals surface area (Å²) in [6.45, 7) is 1.97. The number of hydrogen-bond acceptors (Lipinski definition) is 4. The first-order valence-electron chi connectivity index (χ1n) is 6.22. The normalized spacial score (nSPS) is 10.2. The van der Waals surface area contributed by atoms with Gasteiger partial charge in [0.05, 0.1) is 14.2 Å². The number of hydrogen-bond donors (Lipinski definition) is 1. The summed E-state index contributed by atoms with van der Waals surface area (Å²) in [6, 6.07) is 3.91. The fourth-order valence-corrected chi connectivity index (χ4v) is 1.92. The van der Waals surface area contributed by atoms with Crippen molar-refractivity contribution in [1.29, 1.82) is 0 Å². The Hall–Kier alpha value is -1.75. The van der Waals surface area contributed by atoms with Crippen molar-refractivity contribution in [3.05, 3.63) is 23.3 Å². The van der Waals surface area contributed by atoms with Crippen LogP contribution in [0.3, 0.4) is 0 Å². The summed E-state index contributed by atoms with van der Waals surface area (Å²) in [7, 11) is 4.84. The molecule has 1 amide bonds. The van der Waals surface area contributed by atoms with Gasteiger partial charge in [0.25, 0.3) is 0 Å². The molecule has 1 rings (SSSR count). The van der Waals surface area contributed by atoms with E-state index in [1.54, 1.807) is 21.3 Å². The third-order valence-corrected chi connectivity index (χ3v) is 3.03. The second-order valence-corrected chi connectivity index (χ2v) is 4.49. The van der Waals surface area contributed by atoms with Gasteiger partial charge in [-0.05, 0) is 43.0 Å². The van der Waals surface area contributed by atoms with Gasteiger partial charge in [-0.1, -0.05) is 0 Å². The third kappa shape index (κ3) is 4.13.